The number of hydrogen-bond acceptors (Lipinski definition) is 2. The molecule has 1 aromatic rings. The van der Waals surface area contributed by atoms with E-state index < -0.39 is 5.41 Å². The highest BCUT2D eigenvalue weighted by Crippen LogP contribution is 2.53. The summed E-state index contributed by atoms with van der Waals surface area (Å²) in [5.41, 5.74) is 1.84. The Morgan fingerprint density at radius 1 is 1.50 bits per heavy atom. The first kappa shape index (κ1) is 9.23. The van der Waals surface area contributed by atoms with Gasteiger partial charge in [0, 0.05) is 12.5 Å². The van der Waals surface area contributed by atoms with Crippen LogP contribution in [0.25, 0.3) is 0 Å². The van der Waals surface area contributed by atoms with Crippen LogP contribution in [0.4, 0.5) is 0 Å². The van der Waals surface area contributed by atoms with E-state index in [1.165, 1.54) is 5.56 Å². The zero-order valence-electron chi connectivity index (χ0n) is 8.20. The lowest BCUT2D eigenvalue weighted by Crippen LogP contribution is -2.08. The number of nitrogens with zero attached hydrogens (tertiary/aromatic N) is 1. The number of hydrogen-bond donors (Lipinski definition) is 1. The third kappa shape index (κ3) is 1.21. The molecule has 0 aromatic heterocycles. The second-order valence-electron chi connectivity index (χ2n) is 4.03. The van der Waals surface area contributed by atoms with Crippen molar-refractivity contribution in [2.75, 3.05) is 6.61 Å². The molecule has 1 fully saturated rings. The Kier molecular flexibility index (Phi) is 2.05. The normalized spacial score (nSPS) is 29.6. The van der Waals surface area contributed by atoms with Crippen molar-refractivity contribution < 1.29 is 5.11 Å². The van der Waals surface area contributed by atoms with E-state index in [0.29, 0.717) is 0 Å². The van der Waals surface area contributed by atoms with E-state index in [2.05, 4.69) is 6.07 Å². The van der Waals surface area contributed by atoms with Crippen molar-refractivity contribution in [1.82, 2.24) is 0 Å². The van der Waals surface area contributed by atoms with Gasteiger partial charge >= 0.3 is 0 Å². The number of benzene rings is 1. The number of aryl methyl sites for hydroxylation is 1. The van der Waals surface area contributed by atoms with E-state index in [1.807, 2.05) is 31.2 Å². The van der Waals surface area contributed by atoms with Gasteiger partial charge in [0.25, 0.3) is 0 Å². The lowest BCUT2D eigenvalue weighted by Gasteiger charge is -2.08. The van der Waals surface area contributed by atoms with E-state index in [0.717, 1.165) is 12.0 Å². The smallest absolute Gasteiger partial charge is 0.0877 e. The van der Waals surface area contributed by atoms with Gasteiger partial charge in [-0.05, 0) is 18.9 Å². The van der Waals surface area contributed by atoms with Crippen LogP contribution in [0.1, 0.15) is 17.5 Å². The molecule has 72 valence electrons. The highest BCUT2D eigenvalue weighted by atomic mass is 16.3. The van der Waals surface area contributed by atoms with Crippen molar-refractivity contribution in [3.05, 3.63) is 35.4 Å². The molecule has 2 atom stereocenters. The van der Waals surface area contributed by atoms with Crippen LogP contribution in [-0.4, -0.2) is 11.7 Å². The van der Waals surface area contributed by atoms with Gasteiger partial charge in [-0.2, -0.15) is 5.26 Å². The fraction of sp³-hybridized carbons (Fsp3) is 0.417. The molecule has 0 radical (unpaired) electrons. The zero-order valence-corrected chi connectivity index (χ0v) is 8.20. The number of nitriles is 1. The van der Waals surface area contributed by atoms with Gasteiger partial charge < -0.3 is 5.11 Å². The van der Waals surface area contributed by atoms with Gasteiger partial charge in [0.15, 0.2) is 0 Å². The molecule has 0 amide bonds. The van der Waals surface area contributed by atoms with Crippen LogP contribution in [-0.2, 0) is 5.41 Å². The highest BCUT2D eigenvalue weighted by molar-refractivity contribution is 5.42. The van der Waals surface area contributed by atoms with Gasteiger partial charge in [-0.3, -0.25) is 0 Å². The molecule has 2 nitrogen and oxygen atoms in total. The maximum absolute atomic E-state index is 9.12. The summed E-state index contributed by atoms with van der Waals surface area (Å²) in [6, 6.07) is 10.3. The highest BCUT2D eigenvalue weighted by Gasteiger charge is 2.55. The predicted molar refractivity (Wildman–Crippen MR) is 53.7 cm³/mol. The minimum atomic E-state index is -0.400. The molecular weight excluding hydrogens is 174 g/mol. The quantitative estimate of drug-likeness (QED) is 0.766. The Morgan fingerprint density at radius 2 is 2.14 bits per heavy atom. The van der Waals surface area contributed by atoms with E-state index in [9.17, 15) is 0 Å². The molecule has 0 saturated heterocycles. The minimum Gasteiger partial charge on any atom is -0.396 e. The molecule has 0 bridgehead atoms. The Labute approximate surface area is 83.8 Å². The first-order valence-electron chi connectivity index (χ1n) is 4.82. The van der Waals surface area contributed by atoms with Crippen LogP contribution in [0, 0.1) is 24.2 Å². The predicted octanol–water partition coefficient (Wildman–Crippen LogP) is 1.77. The maximum Gasteiger partial charge on any atom is 0.0877 e. The molecule has 1 unspecified atom stereocenters. The van der Waals surface area contributed by atoms with Gasteiger partial charge in [0.1, 0.15) is 0 Å². The standard InChI is InChI=1S/C12H13NO/c1-9-2-4-10(5-3-9)12(8-13)6-11(12)7-14/h2-5,11,14H,6-7H2,1H3/t11?,12-/m0/s1. The maximum atomic E-state index is 9.12. The Hall–Kier alpha value is -1.33. The number of aliphatic hydroxyl groups excluding tert-OH is 1. The topological polar surface area (TPSA) is 44.0 Å². The average molecular weight is 187 g/mol. The van der Waals surface area contributed by atoms with Gasteiger partial charge in [0.2, 0.25) is 0 Å². The Morgan fingerprint density at radius 3 is 2.57 bits per heavy atom. The van der Waals surface area contributed by atoms with E-state index in [-0.39, 0.29) is 12.5 Å². The van der Waals surface area contributed by atoms with Crippen LogP contribution in [0.15, 0.2) is 24.3 Å². The molecule has 1 N–H and O–H groups in total. The van der Waals surface area contributed by atoms with Crippen molar-refractivity contribution in [3.8, 4) is 6.07 Å². The lowest BCUT2D eigenvalue weighted by atomic mass is 9.94. The fourth-order valence-electron chi connectivity index (χ4n) is 1.96. The van der Waals surface area contributed by atoms with Crippen molar-refractivity contribution in [2.45, 2.75) is 18.8 Å². The molecule has 1 aliphatic rings. The first-order chi connectivity index (χ1) is 6.73. The Balaban J connectivity index is 2.32. The molecule has 14 heavy (non-hydrogen) atoms. The molecule has 1 aliphatic carbocycles. The van der Waals surface area contributed by atoms with Gasteiger partial charge in [-0.1, -0.05) is 29.8 Å². The van der Waals surface area contributed by atoms with Crippen LogP contribution in [0.3, 0.4) is 0 Å². The van der Waals surface area contributed by atoms with Crippen LogP contribution in [0.2, 0.25) is 0 Å². The van der Waals surface area contributed by atoms with Crippen molar-refractivity contribution in [2.24, 2.45) is 5.92 Å². The molecule has 2 heteroatoms. The second-order valence-corrected chi connectivity index (χ2v) is 4.03. The van der Waals surface area contributed by atoms with Gasteiger partial charge in [-0.15, -0.1) is 0 Å². The molecule has 1 aromatic carbocycles. The van der Waals surface area contributed by atoms with E-state index in [4.69, 9.17) is 10.4 Å². The SMILES string of the molecule is Cc1ccc([C@@]2(C#N)CC2CO)cc1. The van der Waals surface area contributed by atoms with Crippen LogP contribution in [0.5, 0.6) is 0 Å². The molecule has 0 aliphatic heterocycles. The summed E-state index contributed by atoms with van der Waals surface area (Å²) in [6.07, 6.45) is 0.795. The van der Waals surface area contributed by atoms with E-state index in [1.54, 1.807) is 0 Å². The van der Waals surface area contributed by atoms with Crippen molar-refractivity contribution in [1.29, 1.82) is 5.26 Å². The lowest BCUT2D eigenvalue weighted by molar-refractivity contribution is 0.269. The summed E-state index contributed by atoms with van der Waals surface area (Å²) in [5.74, 6) is 0.134. The Bertz CT molecular complexity index is 376. The summed E-state index contributed by atoms with van der Waals surface area (Å²) in [7, 11) is 0. The third-order valence-corrected chi connectivity index (χ3v) is 3.09. The fourth-order valence-corrected chi connectivity index (χ4v) is 1.96. The van der Waals surface area contributed by atoms with Crippen molar-refractivity contribution >= 4 is 0 Å². The first-order valence-corrected chi connectivity index (χ1v) is 4.82. The molecule has 0 heterocycles. The van der Waals surface area contributed by atoms with Crippen LogP contribution < -0.4 is 0 Å². The monoisotopic (exact) mass is 187 g/mol. The third-order valence-electron chi connectivity index (χ3n) is 3.09. The summed E-state index contributed by atoms with van der Waals surface area (Å²) >= 11 is 0. The van der Waals surface area contributed by atoms with Gasteiger partial charge in [-0.25, -0.2) is 0 Å². The largest absolute Gasteiger partial charge is 0.396 e. The van der Waals surface area contributed by atoms with Gasteiger partial charge in [0.05, 0.1) is 11.5 Å². The minimum absolute atomic E-state index is 0.113. The summed E-state index contributed by atoms with van der Waals surface area (Å²) < 4.78 is 0. The second kappa shape index (κ2) is 3.11. The summed E-state index contributed by atoms with van der Waals surface area (Å²) in [6.45, 7) is 2.14. The van der Waals surface area contributed by atoms with Crippen LogP contribution >= 0.6 is 0 Å². The molecule has 1 saturated carbocycles. The zero-order chi connectivity index (χ0) is 10.2. The molecular formula is C12H13NO. The average Bonchev–Trinajstić information content (AvgIpc) is 2.94. The number of aliphatic hydroxyl groups is 1. The summed E-state index contributed by atoms with van der Waals surface area (Å²) in [4.78, 5) is 0. The molecule has 2 rings (SSSR count). The van der Waals surface area contributed by atoms with Crippen molar-refractivity contribution in [3.63, 3.8) is 0 Å². The number of rotatable bonds is 2. The summed E-state index contributed by atoms with van der Waals surface area (Å²) in [5, 5.41) is 18.2. The molecule has 0 spiro atoms. The van der Waals surface area contributed by atoms with E-state index >= 15 is 0 Å².